The zero-order chi connectivity index (χ0) is 15.4. The van der Waals surface area contributed by atoms with Gasteiger partial charge in [-0.3, -0.25) is 9.59 Å². The SMILES string of the molecule is Cl.O=C(Nc1cccc(NC(=O)[C@@H]2CCCN2)c1)c1cccs1. The van der Waals surface area contributed by atoms with Gasteiger partial charge in [0.25, 0.3) is 5.91 Å². The van der Waals surface area contributed by atoms with Gasteiger partial charge in [0.1, 0.15) is 0 Å². The summed E-state index contributed by atoms with van der Waals surface area (Å²) >= 11 is 1.39. The molecule has 1 atom stereocenters. The van der Waals surface area contributed by atoms with Crippen molar-refractivity contribution in [1.29, 1.82) is 0 Å². The maximum Gasteiger partial charge on any atom is 0.265 e. The highest BCUT2D eigenvalue weighted by Gasteiger charge is 2.21. The largest absolute Gasteiger partial charge is 0.325 e. The van der Waals surface area contributed by atoms with E-state index in [1.807, 2.05) is 23.6 Å². The van der Waals surface area contributed by atoms with Crippen LogP contribution >= 0.6 is 23.7 Å². The van der Waals surface area contributed by atoms with E-state index in [4.69, 9.17) is 0 Å². The van der Waals surface area contributed by atoms with E-state index in [0.717, 1.165) is 19.4 Å². The molecular formula is C16H18ClN3O2S. The number of thiophene rings is 1. The lowest BCUT2D eigenvalue weighted by atomic mass is 10.2. The third-order valence-corrected chi connectivity index (χ3v) is 4.38. The molecule has 5 nitrogen and oxygen atoms in total. The molecule has 1 aliphatic rings. The minimum Gasteiger partial charge on any atom is -0.325 e. The van der Waals surface area contributed by atoms with Crippen LogP contribution in [0.25, 0.3) is 0 Å². The summed E-state index contributed by atoms with van der Waals surface area (Å²) in [6.45, 7) is 0.884. The highest BCUT2D eigenvalue weighted by atomic mass is 35.5. The second-order valence-electron chi connectivity index (χ2n) is 5.15. The molecule has 0 unspecified atom stereocenters. The van der Waals surface area contributed by atoms with Gasteiger partial charge in [-0.2, -0.15) is 0 Å². The van der Waals surface area contributed by atoms with Crippen LogP contribution in [0.2, 0.25) is 0 Å². The molecule has 0 aliphatic carbocycles. The standard InChI is InChI=1S/C16H17N3O2S.ClH/c20-15(13-6-2-8-17-13)18-11-4-1-5-12(10-11)19-16(21)14-7-3-9-22-14;/h1,3-5,7,9-10,13,17H,2,6,8H2,(H,18,20)(H,19,21);1H/t13-;/m0./s1. The fourth-order valence-electron chi connectivity index (χ4n) is 2.41. The first-order valence-electron chi connectivity index (χ1n) is 7.21. The molecule has 122 valence electrons. The molecule has 2 heterocycles. The quantitative estimate of drug-likeness (QED) is 0.792. The van der Waals surface area contributed by atoms with Crippen LogP contribution in [0.15, 0.2) is 41.8 Å². The van der Waals surface area contributed by atoms with Crippen molar-refractivity contribution >= 4 is 46.9 Å². The van der Waals surface area contributed by atoms with Crippen LogP contribution in [0.5, 0.6) is 0 Å². The van der Waals surface area contributed by atoms with Crippen molar-refractivity contribution in [2.24, 2.45) is 0 Å². The minimum absolute atomic E-state index is 0. The van der Waals surface area contributed by atoms with Crippen LogP contribution in [0.4, 0.5) is 11.4 Å². The topological polar surface area (TPSA) is 70.2 Å². The highest BCUT2D eigenvalue weighted by Crippen LogP contribution is 2.18. The molecule has 0 saturated carbocycles. The Bertz CT molecular complexity index is 670. The van der Waals surface area contributed by atoms with Gasteiger partial charge in [-0.15, -0.1) is 23.7 Å². The van der Waals surface area contributed by atoms with Crippen LogP contribution < -0.4 is 16.0 Å². The van der Waals surface area contributed by atoms with Crippen molar-refractivity contribution in [3.8, 4) is 0 Å². The van der Waals surface area contributed by atoms with E-state index in [2.05, 4.69) is 16.0 Å². The Labute approximate surface area is 144 Å². The van der Waals surface area contributed by atoms with Crippen molar-refractivity contribution in [2.45, 2.75) is 18.9 Å². The summed E-state index contributed by atoms with van der Waals surface area (Å²) in [6, 6.07) is 10.7. The Kier molecular flexibility index (Phi) is 6.15. The molecule has 0 bridgehead atoms. The van der Waals surface area contributed by atoms with E-state index in [1.54, 1.807) is 18.2 Å². The van der Waals surface area contributed by atoms with Gasteiger partial charge in [-0.25, -0.2) is 0 Å². The molecular weight excluding hydrogens is 334 g/mol. The number of anilines is 2. The summed E-state index contributed by atoms with van der Waals surface area (Å²) < 4.78 is 0. The third-order valence-electron chi connectivity index (χ3n) is 3.51. The molecule has 3 rings (SSSR count). The summed E-state index contributed by atoms with van der Waals surface area (Å²) in [5.41, 5.74) is 1.35. The Morgan fingerprint density at radius 2 is 1.91 bits per heavy atom. The first-order valence-corrected chi connectivity index (χ1v) is 8.09. The van der Waals surface area contributed by atoms with E-state index in [9.17, 15) is 9.59 Å². The van der Waals surface area contributed by atoms with Crippen molar-refractivity contribution in [3.05, 3.63) is 46.7 Å². The number of carbonyl (C=O) groups is 2. The van der Waals surface area contributed by atoms with Crippen molar-refractivity contribution < 1.29 is 9.59 Å². The summed E-state index contributed by atoms with van der Waals surface area (Å²) in [4.78, 5) is 24.8. The fraction of sp³-hybridized carbons (Fsp3) is 0.250. The summed E-state index contributed by atoms with van der Waals surface area (Å²) in [6.07, 6.45) is 1.88. The third kappa shape index (κ3) is 4.54. The molecule has 3 N–H and O–H groups in total. The van der Waals surface area contributed by atoms with Gasteiger partial charge in [-0.05, 0) is 49.0 Å². The molecule has 1 aromatic heterocycles. The molecule has 2 amide bonds. The Balaban J connectivity index is 0.00000192. The minimum atomic E-state index is -0.143. The van der Waals surface area contributed by atoms with E-state index in [1.165, 1.54) is 11.3 Å². The molecule has 23 heavy (non-hydrogen) atoms. The van der Waals surface area contributed by atoms with E-state index >= 15 is 0 Å². The van der Waals surface area contributed by atoms with Crippen molar-refractivity contribution in [2.75, 3.05) is 17.2 Å². The summed E-state index contributed by atoms with van der Waals surface area (Å²) in [5, 5.41) is 10.7. The van der Waals surface area contributed by atoms with Gasteiger partial charge in [-0.1, -0.05) is 12.1 Å². The number of rotatable bonds is 4. The number of hydrogen-bond acceptors (Lipinski definition) is 4. The first kappa shape index (κ1) is 17.5. The lowest BCUT2D eigenvalue weighted by Crippen LogP contribution is -2.35. The molecule has 1 fully saturated rings. The Morgan fingerprint density at radius 3 is 2.57 bits per heavy atom. The molecule has 1 aliphatic heterocycles. The number of carbonyl (C=O) groups excluding carboxylic acids is 2. The van der Waals surface area contributed by atoms with Crippen LogP contribution in [0.1, 0.15) is 22.5 Å². The van der Waals surface area contributed by atoms with Gasteiger partial charge in [0.2, 0.25) is 5.91 Å². The second-order valence-corrected chi connectivity index (χ2v) is 6.10. The number of benzene rings is 1. The lowest BCUT2D eigenvalue weighted by Gasteiger charge is -2.12. The van der Waals surface area contributed by atoms with Crippen molar-refractivity contribution in [3.63, 3.8) is 0 Å². The number of hydrogen-bond donors (Lipinski definition) is 3. The Morgan fingerprint density at radius 1 is 1.13 bits per heavy atom. The maximum absolute atomic E-state index is 12.1. The smallest absolute Gasteiger partial charge is 0.265 e. The molecule has 2 aromatic rings. The number of halogens is 1. The molecule has 0 spiro atoms. The summed E-state index contributed by atoms with van der Waals surface area (Å²) in [7, 11) is 0. The molecule has 1 saturated heterocycles. The van der Waals surface area contributed by atoms with Gasteiger partial charge >= 0.3 is 0 Å². The van der Waals surface area contributed by atoms with Gasteiger partial charge in [0, 0.05) is 11.4 Å². The van der Waals surface area contributed by atoms with Crippen molar-refractivity contribution in [1.82, 2.24) is 5.32 Å². The summed E-state index contributed by atoms with van der Waals surface area (Å²) in [5.74, 6) is -0.171. The molecule has 0 radical (unpaired) electrons. The average Bonchev–Trinajstić information content (AvgIpc) is 3.21. The maximum atomic E-state index is 12.1. The van der Waals surface area contributed by atoms with Crippen LogP contribution in [-0.2, 0) is 4.79 Å². The first-order chi connectivity index (χ1) is 10.7. The lowest BCUT2D eigenvalue weighted by molar-refractivity contribution is -0.117. The number of amides is 2. The van der Waals surface area contributed by atoms with E-state index < -0.39 is 0 Å². The normalized spacial score (nSPS) is 16.4. The van der Waals surface area contributed by atoms with Crippen LogP contribution in [0.3, 0.4) is 0 Å². The van der Waals surface area contributed by atoms with Gasteiger partial charge in [0.05, 0.1) is 10.9 Å². The predicted molar refractivity (Wildman–Crippen MR) is 95.6 cm³/mol. The monoisotopic (exact) mass is 351 g/mol. The van der Waals surface area contributed by atoms with E-state index in [-0.39, 0.29) is 30.3 Å². The zero-order valence-corrected chi connectivity index (χ0v) is 14.0. The second kappa shape index (κ2) is 8.10. The molecule has 7 heteroatoms. The average molecular weight is 352 g/mol. The van der Waals surface area contributed by atoms with Crippen LogP contribution in [-0.4, -0.2) is 24.4 Å². The van der Waals surface area contributed by atoms with Crippen LogP contribution in [0, 0.1) is 0 Å². The fourth-order valence-corrected chi connectivity index (χ4v) is 3.03. The number of nitrogens with one attached hydrogen (secondary N) is 3. The Hall–Kier alpha value is -1.89. The zero-order valence-electron chi connectivity index (χ0n) is 12.4. The van der Waals surface area contributed by atoms with Gasteiger partial charge < -0.3 is 16.0 Å². The predicted octanol–water partition coefficient (Wildman–Crippen LogP) is 3.11. The molecule has 1 aromatic carbocycles. The van der Waals surface area contributed by atoms with Gasteiger partial charge in [0.15, 0.2) is 0 Å². The van der Waals surface area contributed by atoms with E-state index in [0.29, 0.717) is 16.3 Å². The highest BCUT2D eigenvalue weighted by molar-refractivity contribution is 7.12.